The number of alkyl carbamates (subject to hydrolysis) is 1. The summed E-state index contributed by atoms with van der Waals surface area (Å²) in [7, 11) is 0. The highest BCUT2D eigenvalue weighted by molar-refractivity contribution is 5.78. The van der Waals surface area contributed by atoms with Gasteiger partial charge in [-0.2, -0.15) is 26.3 Å². The molecule has 1 aromatic carbocycles. The lowest BCUT2D eigenvalue weighted by atomic mass is 10.2. The summed E-state index contributed by atoms with van der Waals surface area (Å²) in [6, 6.07) is 4.40. The average molecular weight is 373 g/mol. The molecule has 12 heteroatoms. The van der Waals surface area contributed by atoms with Crippen LogP contribution < -0.4 is 16.2 Å². The number of hydrogen-bond donors (Lipinski definition) is 3. The number of hydrazine groups is 1. The van der Waals surface area contributed by atoms with E-state index in [9.17, 15) is 35.9 Å². The molecule has 0 aliphatic rings. The molecule has 3 N–H and O–H groups in total. The van der Waals surface area contributed by atoms with E-state index in [0.29, 0.717) is 0 Å². The summed E-state index contributed by atoms with van der Waals surface area (Å²) in [4.78, 5) is 22.3. The first-order valence-electron chi connectivity index (χ1n) is 6.67. The number of alkyl halides is 6. The number of carbonyl (C=O) groups excluding carboxylic acids is 2. The van der Waals surface area contributed by atoms with Crippen molar-refractivity contribution in [1.29, 1.82) is 0 Å². The van der Waals surface area contributed by atoms with Crippen LogP contribution in [0, 0.1) is 0 Å². The van der Waals surface area contributed by atoms with Crippen LogP contribution in [0.1, 0.15) is 12.0 Å². The van der Waals surface area contributed by atoms with Gasteiger partial charge in [0.25, 0.3) is 0 Å². The Labute approximate surface area is 137 Å². The minimum Gasteiger partial charge on any atom is -0.440 e. The van der Waals surface area contributed by atoms with Gasteiger partial charge in [-0.25, -0.2) is 4.79 Å². The molecule has 0 aromatic heterocycles. The van der Waals surface area contributed by atoms with Crippen LogP contribution >= 0.6 is 0 Å². The maximum atomic E-state index is 12.7. The molecule has 6 nitrogen and oxygen atoms in total. The summed E-state index contributed by atoms with van der Waals surface area (Å²) in [5, 5.41) is 1.89. The largest absolute Gasteiger partial charge is 0.440 e. The predicted octanol–water partition coefficient (Wildman–Crippen LogP) is 2.83. The van der Waals surface area contributed by atoms with E-state index in [-0.39, 0.29) is 12.2 Å². The Morgan fingerprint density at radius 1 is 1.04 bits per heavy atom. The number of rotatable bonds is 6. The minimum absolute atomic E-state index is 0.370. The Morgan fingerprint density at radius 3 is 2.28 bits per heavy atom. The van der Waals surface area contributed by atoms with Gasteiger partial charge in [0.15, 0.2) is 6.61 Å². The molecule has 0 saturated carbocycles. The number of hydrogen-bond acceptors (Lipinski definition) is 4. The molecule has 0 heterocycles. The van der Waals surface area contributed by atoms with Gasteiger partial charge >= 0.3 is 18.4 Å². The highest BCUT2D eigenvalue weighted by Gasteiger charge is 2.33. The maximum absolute atomic E-state index is 12.7. The summed E-state index contributed by atoms with van der Waals surface area (Å²) in [5.74, 6) is -0.798. The third kappa shape index (κ3) is 8.13. The number of nitrogens with one attached hydrogen (secondary N) is 3. The number of amides is 2. The van der Waals surface area contributed by atoms with Crippen molar-refractivity contribution in [2.45, 2.75) is 18.8 Å². The lowest BCUT2D eigenvalue weighted by Gasteiger charge is -2.15. The van der Waals surface area contributed by atoms with Gasteiger partial charge in [-0.05, 0) is 12.1 Å². The molecule has 0 unspecified atom stereocenters. The second-order valence-electron chi connectivity index (χ2n) is 4.58. The molecular formula is C13H13F6N3O3. The van der Waals surface area contributed by atoms with E-state index in [1.54, 1.807) is 0 Å². The molecule has 140 valence electrons. The van der Waals surface area contributed by atoms with Crippen molar-refractivity contribution in [3.63, 3.8) is 0 Å². The number of anilines is 1. The van der Waals surface area contributed by atoms with Crippen molar-refractivity contribution >= 4 is 17.7 Å². The van der Waals surface area contributed by atoms with Crippen molar-refractivity contribution in [1.82, 2.24) is 10.7 Å². The molecule has 0 atom stereocenters. The van der Waals surface area contributed by atoms with E-state index in [1.165, 1.54) is 12.1 Å². The Hall–Kier alpha value is -2.66. The topological polar surface area (TPSA) is 79.5 Å². The van der Waals surface area contributed by atoms with Crippen molar-refractivity contribution in [2.24, 2.45) is 0 Å². The third-order valence-corrected chi connectivity index (χ3v) is 2.56. The second kappa shape index (κ2) is 8.44. The van der Waals surface area contributed by atoms with Crippen LogP contribution in [-0.4, -0.2) is 31.3 Å². The quantitative estimate of drug-likeness (QED) is 0.529. The number of benzene rings is 1. The van der Waals surface area contributed by atoms with Gasteiger partial charge in [-0.15, -0.1) is 0 Å². The Morgan fingerprint density at radius 2 is 1.68 bits per heavy atom. The fourth-order valence-corrected chi connectivity index (χ4v) is 1.52. The van der Waals surface area contributed by atoms with Gasteiger partial charge in [0.1, 0.15) is 0 Å². The van der Waals surface area contributed by atoms with E-state index in [2.05, 4.69) is 10.2 Å². The molecule has 0 fully saturated rings. The number of para-hydroxylation sites is 1. The summed E-state index contributed by atoms with van der Waals surface area (Å²) in [6.07, 6.45) is -11.1. The lowest BCUT2D eigenvalue weighted by Crippen LogP contribution is -2.35. The van der Waals surface area contributed by atoms with Crippen LogP contribution in [0.15, 0.2) is 24.3 Å². The Kier molecular flexibility index (Phi) is 6.88. The molecule has 0 spiro atoms. The summed E-state index contributed by atoms with van der Waals surface area (Å²) >= 11 is 0. The third-order valence-electron chi connectivity index (χ3n) is 2.56. The monoisotopic (exact) mass is 373 g/mol. The first-order valence-corrected chi connectivity index (χ1v) is 6.67. The average Bonchev–Trinajstić information content (AvgIpc) is 2.49. The van der Waals surface area contributed by atoms with Crippen LogP contribution in [-0.2, 0) is 15.7 Å². The van der Waals surface area contributed by atoms with Gasteiger partial charge in [-0.1, -0.05) is 12.1 Å². The zero-order chi connectivity index (χ0) is 19.1. The normalized spacial score (nSPS) is 11.6. The SMILES string of the molecule is O=C(CCNC(=O)OCC(F)(F)F)NNc1ccccc1C(F)(F)F. The molecule has 25 heavy (non-hydrogen) atoms. The molecule has 0 bridgehead atoms. The fourth-order valence-electron chi connectivity index (χ4n) is 1.52. The maximum Gasteiger partial charge on any atom is 0.422 e. The molecule has 0 aliphatic heterocycles. The van der Waals surface area contributed by atoms with Crippen molar-refractivity contribution in [3.8, 4) is 0 Å². The van der Waals surface area contributed by atoms with Gasteiger partial charge in [0, 0.05) is 13.0 Å². The summed E-state index contributed by atoms with van der Waals surface area (Å²) < 4.78 is 77.4. The highest BCUT2D eigenvalue weighted by atomic mass is 19.4. The predicted molar refractivity (Wildman–Crippen MR) is 73.2 cm³/mol. The van der Waals surface area contributed by atoms with Crippen LogP contribution in [0.3, 0.4) is 0 Å². The molecular weight excluding hydrogens is 360 g/mol. The minimum atomic E-state index is -4.68. The summed E-state index contributed by atoms with van der Waals surface area (Å²) in [5.41, 5.74) is 2.69. The second-order valence-corrected chi connectivity index (χ2v) is 4.58. The Balaban J connectivity index is 2.36. The first kappa shape index (κ1) is 20.4. The zero-order valence-electron chi connectivity index (χ0n) is 12.4. The van der Waals surface area contributed by atoms with Crippen molar-refractivity contribution in [3.05, 3.63) is 29.8 Å². The molecule has 0 saturated heterocycles. The van der Waals surface area contributed by atoms with E-state index >= 15 is 0 Å². The molecule has 1 aromatic rings. The van der Waals surface area contributed by atoms with Crippen LogP contribution in [0.4, 0.5) is 36.8 Å². The fraction of sp³-hybridized carbons (Fsp3) is 0.385. The summed E-state index contributed by atoms with van der Waals surface area (Å²) in [6.45, 7) is -2.15. The molecule has 0 aliphatic carbocycles. The van der Waals surface area contributed by atoms with Gasteiger partial charge in [0.05, 0.1) is 11.3 Å². The first-order chi connectivity index (χ1) is 11.5. The van der Waals surface area contributed by atoms with Crippen molar-refractivity contribution in [2.75, 3.05) is 18.6 Å². The smallest absolute Gasteiger partial charge is 0.422 e. The zero-order valence-corrected chi connectivity index (χ0v) is 12.4. The van der Waals surface area contributed by atoms with Crippen LogP contribution in [0.25, 0.3) is 0 Å². The van der Waals surface area contributed by atoms with Gasteiger partial charge in [0.2, 0.25) is 5.91 Å². The van der Waals surface area contributed by atoms with Crippen molar-refractivity contribution < 1.29 is 40.7 Å². The number of ether oxygens (including phenoxy) is 1. The van der Waals surface area contributed by atoms with Gasteiger partial charge < -0.3 is 10.1 Å². The highest BCUT2D eigenvalue weighted by Crippen LogP contribution is 2.34. The van der Waals surface area contributed by atoms with E-state index < -0.39 is 42.9 Å². The van der Waals surface area contributed by atoms with E-state index in [1.807, 2.05) is 10.7 Å². The van der Waals surface area contributed by atoms with E-state index in [0.717, 1.165) is 12.1 Å². The van der Waals surface area contributed by atoms with E-state index in [4.69, 9.17) is 0 Å². The van der Waals surface area contributed by atoms with Gasteiger partial charge in [-0.3, -0.25) is 15.6 Å². The molecule has 0 radical (unpaired) electrons. The lowest BCUT2D eigenvalue weighted by molar-refractivity contribution is -0.160. The molecule has 2 amide bonds. The van der Waals surface area contributed by atoms with Crippen LogP contribution in [0.5, 0.6) is 0 Å². The molecule has 1 rings (SSSR count). The number of halogens is 6. The standard InChI is InChI=1S/C13H13F6N3O3/c14-12(15,16)7-25-11(24)20-6-5-10(23)22-21-9-4-2-1-3-8(9)13(17,18)19/h1-4,21H,5-7H2,(H,20,24)(H,22,23). The van der Waals surface area contributed by atoms with Crippen LogP contribution in [0.2, 0.25) is 0 Å². The Bertz CT molecular complexity index is 603. The number of carbonyl (C=O) groups is 2.